The molecule has 0 spiro atoms. The maximum absolute atomic E-state index is 4.42. The van der Waals surface area contributed by atoms with Crippen LogP contribution in [0.25, 0.3) is 10.9 Å². The molecule has 0 radical (unpaired) electrons. The van der Waals surface area contributed by atoms with Gasteiger partial charge < -0.3 is 5.32 Å². The van der Waals surface area contributed by atoms with E-state index in [0.717, 1.165) is 12.1 Å². The van der Waals surface area contributed by atoms with Crippen LogP contribution in [0.15, 0.2) is 36.5 Å². The largest absolute Gasteiger partial charge is 0.319 e. The number of pyridine rings is 1. The van der Waals surface area contributed by atoms with Gasteiger partial charge in [-0.15, -0.1) is 0 Å². The molecule has 2 unspecified atom stereocenters. The summed E-state index contributed by atoms with van der Waals surface area (Å²) in [5.74, 6) is 0.688. The molecule has 1 saturated heterocycles. The van der Waals surface area contributed by atoms with Crippen molar-refractivity contribution in [1.29, 1.82) is 0 Å². The van der Waals surface area contributed by atoms with Gasteiger partial charge in [0.25, 0.3) is 0 Å². The highest BCUT2D eigenvalue weighted by atomic mass is 15.1. The number of hydrogen-bond acceptors (Lipinski definition) is 3. The number of nitrogens with one attached hydrogen (secondary N) is 1. The van der Waals surface area contributed by atoms with E-state index < -0.39 is 0 Å². The van der Waals surface area contributed by atoms with Crippen molar-refractivity contribution in [2.24, 2.45) is 5.92 Å². The Morgan fingerprint density at radius 1 is 1.35 bits per heavy atom. The fourth-order valence-electron chi connectivity index (χ4n) is 3.54. The minimum atomic E-state index is 0.515. The normalized spacial score (nSPS) is 24.1. The van der Waals surface area contributed by atoms with Crippen molar-refractivity contribution >= 4 is 10.9 Å². The van der Waals surface area contributed by atoms with Crippen LogP contribution in [0.4, 0.5) is 0 Å². The molecule has 3 heteroatoms. The lowest BCUT2D eigenvalue weighted by atomic mass is 9.84. The van der Waals surface area contributed by atoms with Crippen LogP contribution < -0.4 is 5.32 Å². The zero-order valence-electron chi connectivity index (χ0n) is 12.3. The summed E-state index contributed by atoms with van der Waals surface area (Å²) in [5, 5.41) is 4.60. The Morgan fingerprint density at radius 3 is 3.10 bits per heavy atom. The Labute approximate surface area is 121 Å². The Balaban J connectivity index is 1.97. The quantitative estimate of drug-likeness (QED) is 0.928. The molecule has 3 nitrogen and oxygen atoms in total. The second-order valence-electron chi connectivity index (χ2n) is 5.84. The van der Waals surface area contributed by atoms with Crippen LogP contribution in [0, 0.1) is 5.92 Å². The van der Waals surface area contributed by atoms with Crippen molar-refractivity contribution in [3.63, 3.8) is 0 Å². The van der Waals surface area contributed by atoms with E-state index >= 15 is 0 Å². The van der Waals surface area contributed by atoms with Crippen LogP contribution in [0.2, 0.25) is 0 Å². The van der Waals surface area contributed by atoms with E-state index in [-0.39, 0.29) is 0 Å². The van der Waals surface area contributed by atoms with E-state index in [1.165, 1.54) is 30.3 Å². The molecule has 0 saturated carbocycles. The second-order valence-corrected chi connectivity index (χ2v) is 5.84. The molecule has 1 aromatic carbocycles. The minimum absolute atomic E-state index is 0.515. The molecule has 106 valence electrons. The molecular formula is C17H23N3. The van der Waals surface area contributed by atoms with Gasteiger partial charge in [0, 0.05) is 17.6 Å². The lowest BCUT2D eigenvalue weighted by Gasteiger charge is -2.39. The van der Waals surface area contributed by atoms with Gasteiger partial charge in [-0.3, -0.25) is 9.88 Å². The lowest BCUT2D eigenvalue weighted by molar-refractivity contribution is 0.121. The van der Waals surface area contributed by atoms with Crippen LogP contribution in [0.5, 0.6) is 0 Å². The second kappa shape index (κ2) is 5.90. The average Bonchev–Trinajstić information content (AvgIpc) is 2.47. The molecule has 2 heterocycles. The lowest BCUT2D eigenvalue weighted by Crippen LogP contribution is -2.39. The summed E-state index contributed by atoms with van der Waals surface area (Å²) in [6.45, 7) is 2.27. The van der Waals surface area contributed by atoms with E-state index in [1.54, 1.807) is 0 Å². The predicted molar refractivity (Wildman–Crippen MR) is 83.8 cm³/mol. The van der Waals surface area contributed by atoms with Crippen molar-refractivity contribution in [3.8, 4) is 0 Å². The van der Waals surface area contributed by atoms with Gasteiger partial charge in [0.15, 0.2) is 0 Å². The zero-order chi connectivity index (χ0) is 13.9. The first-order chi connectivity index (χ1) is 9.79. The van der Waals surface area contributed by atoms with Gasteiger partial charge in [0.2, 0.25) is 0 Å². The molecule has 20 heavy (non-hydrogen) atoms. The van der Waals surface area contributed by atoms with Gasteiger partial charge in [-0.2, -0.15) is 0 Å². The molecule has 1 fully saturated rings. The number of nitrogens with zero attached hydrogens (tertiary/aromatic N) is 2. The van der Waals surface area contributed by atoms with Crippen molar-refractivity contribution in [1.82, 2.24) is 15.2 Å². The Kier molecular flexibility index (Phi) is 3.99. The summed E-state index contributed by atoms with van der Waals surface area (Å²) in [5.41, 5.74) is 2.51. The molecule has 0 aliphatic carbocycles. The first-order valence-corrected chi connectivity index (χ1v) is 7.49. The summed E-state index contributed by atoms with van der Waals surface area (Å²) in [4.78, 5) is 6.92. The monoisotopic (exact) mass is 269 g/mol. The molecule has 0 amide bonds. The SMILES string of the molecule is CNCC1CCCN(C)C1c1ccc2ncccc2c1. The molecule has 1 aromatic heterocycles. The molecule has 1 aliphatic rings. The third-order valence-electron chi connectivity index (χ3n) is 4.44. The molecule has 0 bridgehead atoms. The number of benzene rings is 1. The number of aromatic nitrogens is 1. The summed E-state index contributed by atoms with van der Waals surface area (Å²) in [6.07, 6.45) is 4.47. The topological polar surface area (TPSA) is 28.2 Å². The van der Waals surface area contributed by atoms with Gasteiger partial charge in [-0.1, -0.05) is 12.1 Å². The summed E-state index contributed by atoms with van der Waals surface area (Å²) >= 11 is 0. The average molecular weight is 269 g/mol. The van der Waals surface area contributed by atoms with Crippen LogP contribution in [-0.2, 0) is 0 Å². The first kappa shape index (κ1) is 13.5. The molecule has 1 aliphatic heterocycles. The van der Waals surface area contributed by atoms with Crippen LogP contribution in [0.1, 0.15) is 24.4 Å². The number of fused-ring (bicyclic) bond motifs is 1. The zero-order valence-corrected chi connectivity index (χ0v) is 12.3. The maximum atomic E-state index is 4.42. The van der Waals surface area contributed by atoms with Gasteiger partial charge in [0.05, 0.1) is 5.52 Å². The first-order valence-electron chi connectivity index (χ1n) is 7.49. The van der Waals surface area contributed by atoms with Crippen molar-refractivity contribution < 1.29 is 0 Å². The Hall–Kier alpha value is -1.45. The van der Waals surface area contributed by atoms with Gasteiger partial charge in [-0.05, 0) is 69.7 Å². The summed E-state index contributed by atoms with van der Waals surface area (Å²) in [6, 6.07) is 11.4. The highest BCUT2D eigenvalue weighted by Gasteiger charge is 2.29. The van der Waals surface area contributed by atoms with Crippen LogP contribution in [-0.4, -0.2) is 37.1 Å². The van der Waals surface area contributed by atoms with E-state index in [1.807, 2.05) is 12.3 Å². The molecule has 2 aromatic rings. The molecule has 3 rings (SSSR count). The number of rotatable bonds is 3. The molecule has 2 atom stereocenters. The van der Waals surface area contributed by atoms with Gasteiger partial charge >= 0.3 is 0 Å². The summed E-state index contributed by atoms with van der Waals surface area (Å²) < 4.78 is 0. The standard InChI is InChI=1S/C17H23N3/c1-18-12-15-6-4-10-20(2)17(15)14-7-8-16-13(11-14)5-3-9-19-16/h3,5,7-9,11,15,17-18H,4,6,10,12H2,1-2H3. The van der Waals surface area contributed by atoms with Gasteiger partial charge in [0.1, 0.15) is 0 Å². The summed E-state index contributed by atoms with van der Waals surface area (Å²) in [7, 11) is 4.30. The predicted octanol–water partition coefficient (Wildman–Crippen LogP) is 2.84. The number of likely N-dealkylation sites (tertiary alicyclic amines) is 1. The fraction of sp³-hybridized carbons (Fsp3) is 0.471. The van der Waals surface area contributed by atoms with Crippen molar-refractivity contribution in [3.05, 3.63) is 42.1 Å². The van der Waals surface area contributed by atoms with E-state index in [2.05, 4.69) is 53.6 Å². The number of piperidine rings is 1. The molecule has 1 N–H and O–H groups in total. The van der Waals surface area contributed by atoms with Gasteiger partial charge in [-0.25, -0.2) is 0 Å². The Morgan fingerprint density at radius 2 is 2.25 bits per heavy atom. The highest BCUT2D eigenvalue weighted by Crippen LogP contribution is 2.35. The smallest absolute Gasteiger partial charge is 0.0702 e. The highest BCUT2D eigenvalue weighted by molar-refractivity contribution is 5.79. The fourth-order valence-corrected chi connectivity index (χ4v) is 3.54. The van der Waals surface area contributed by atoms with Crippen LogP contribution in [0.3, 0.4) is 0 Å². The minimum Gasteiger partial charge on any atom is -0.319 e. The van der Waals surface area contributed by atoms with Crippen molar-refractivity contribution in [2.75, 3.05) is 27.2 Å². The Bertz CT molecular complexity index is 579. The van der Waals surface area contributed by atoms with E-state index in [0.29, 0.717) is 12.0 Å². The van der Waals surface area contributed by atoms with Crippen LogP contribution >= 0.6 is 0 Å². The maximum Gasteiger partial charge on any atom is 0.0702 e. The third-order valence-corrected chi connectivity index (χ3v) is 4.44. The van der Waals surface area contributed by atoms with E-state index in [4.69, 9.17) is 0 Å². The number of hydrogen-bond donors (Lipinski definition) is 1. The van der Waals surface area contributed by atoms with E-state index in [9.17, 15) is 0 Å². The van der Waals surface area contributed by atoms with Crippen molar-refractivity contribution in [2.45, 2.75) is 18.9 Å². The third kappa shape index (κ3) is 2.56. The molecular weight excluding hydrogens is 246 g/mol.